The third kappa shape index (κ3) is 4.72. The second kappa shape index (κ2) is 12.2. The van der Waals surface area contributed by atoms with Crippen molar-refractivity contribution in [2.24, 2.45) is 0 Å². The molecule has 0 saturated heterocycles. The molecule has 0 unspecified atom stereocenters. The minimum atomic E-state index is -0.687. The lowest BCUT2D eigenvalue weighted by molar-refractivity contribution is 0.628. The van der Waals surface area contributed by atoms with Crippen LogP contribution in [0.2, 0.25) is 0 Å². The topological polar surface area (TPSA) is 27.0 Å². The van der Waals surface area contributed by atoms with E-state index in [4.69, 9.17) is 0 Å². The van der Waals surface area contributed by atoms with Crippen LogP contribution in [0.15, 0.2) is 159 Å². The van der Waals surface area contributed by atoms with Gasteiger partial charge in [0.15, 0.2) is 0 Å². The summed E-state index contributed by atoms with van der Waals surface area (Å²) >= 11 is 0. The Hall–Kier alpha value is -5.98. The smallest absolute Gasteiger partial charge is 0.125 e. The van der Waals surface area contributed by atoms with Crippen LogP contribution < -0.4 is 4.90 Å². The van der Waals surface area contributed by atoms with Gasteiger partial charge in [0, 0.05) is 22.5 Å². The standard InChI is InChI=1S/C43H33FN2/c1-6-34(24-30(5)28-45)46(35-21-15-20-33(44)26-35)41-27-40-42(37(8-3)36(41)7-2)38-23-22-29(4)25-39(38)43(40,31-16-11-9-12-17-31)32-18-13-10-14-19-32/h6-27H,1-3,5H2,4H3/b34-24+. The van der Waals surface area contributed by atoms with Crippen LogP contribution in [0.1, 0.15) is 38.9 Å². The average molecular weight is 597 g/mol. The van der Waals surface area contributed by atoms with Gasteiger partial charge < -0.3 is 4.90 Å². The van der Waals surface area contributed by atoms with Crippen LogP contribution in [0.25, 0.3) is 23.3 Å². The van der Waals surface area contributed by atoms with Gasteiger partial charge in [0.25, 0.3) is 0 Å². The van der Waals surface area contributed by atoms with Gasteiger partial charge >= 0.3 is 0 Å². The molecule has 46 heavy (non-hydrogen) atoms. The molecule has 0 aromatic heterocycles. The van der Waals surface area contributed by atoms with E-state index >= 15 is 0 Å². The highest BCUT2D eigenvalue weighted by atomic mass is 19.1. The van der Waals surface area contributed by atoms with Crippen LogP contribution in [0, 0.1) is 24.1 Å². The number of nitrogens with zero attached hydrogens (tertiary/aromatic N) is 2. The molecule has 0 bridgehead atoms. The normalized spacial score (nSPS) is 12.8. The van der Waals surface area contributed by atoms with Crippen molar-refractivity contribution in [3.05, 3.63) is 204 Å². The quantitative estimate of drug-likeness (QED) is 0.123. The molecule has 0 amide bonds. The lowest BCUT2D eigenvalue weighted by atomic mass is 9.67. The molecule has 1 aliphatic rings. The first-order valence-corrected chi connectivity index (χ1v) is 15.1. The third-order valence-electron chi connectivity index (χ3n) is 8.70. The number of benzene rings is 5. The second-order valence-electron chi connectivity index (χ2n) is 11.3. The van der Waals surface area contributed by atoms with E-state index in [1.54, 1.807) is 18.2 Å². The highest BCUT2D eigenvalue weighted by Gasteiger charge is 2.47. The molecule has 0 heterocycles. The Bertz CT molecular complexity index is 2060. The molecule has 2 nitrogen and oxygen atoms in total. The molecule has 5 aromatic rings. The van der Waals surface area contributed by atoms with E-state index in [2.05, 4.69) is 112 Å². The van der Waals surface area contributed by atoms with Crippen LogP contribution >= 0.6 is 0 Å². The Kier molecular flexibility index (Phi) is 7.97. The maximum absolute atomic E-state index is 14.9. The summed E-state index contributed by atoms with van der Waals surface area (Å²) in [6.07, 6.45) is 7.01. The van der Waals surface area contributed by atoms with E-state index in [9.17, 15) is 9.65 Å². The van der Waals surface area contributed by atoms with Crippen molar-refractivity contribution >= 4 is 23.5 Å². The molecule has 0 spiro atoms. The van der Waals surface area contributed by atoms with E-state index in [1.165, 1.54) is 17.7 Å². The first-order valence-electron chi connectivity index (χ1n) is 15.1. The van der Waals surface area contributed by atoms with Crippen molar-refractivity contribution in [1.29, 1.82) is 5.26 Å². The van der Waals surface area contributed by atoms with E-state index in [0.29, 0.717) is 11.4 Å². The van der Waals surface area contributed by atoms with Crippen LogP contribution in [0.3, 0.4) is 0 Å². The molecule has 0 fully saturated rings. The number of aryl methyl sites for hydroxylation is 1. The van der Waals surface area contributed by atoms with Gasteiger partial charge in [-0.1, -0.05) is 129 Å². The molecule has 3 heteroatoms. The maximum Gasteiger partial charge on any atom is 0.125 e. The third-order valence-corrected chi connectivity index (χ3v) is 8.70. The number of hydrogen-bond acceptors (Lipinski definition) is 2. The van der Waals surface area contributed by atoms with Crippen LogP contribution in [0.4, 0.5) is 15.8 Å². The summed E-state index contributed by atoms with van der Waals surface area (Å²) in [5.74, 6) is -0.388. The number of allylic oxidation sites excluding steroid dienone is 3. The van der Waals surface area contributed by atoms with Crippen LogP contribution in [-0.2, 0) is 5.41 Å². The minimum absolute atomic E-state index is 0.243. The zero-order chi connectivity index (χ0) is 32.4. The molecule has 0 radical (unpaired) electrons. The van der Waals surface area contributed by atoms with Crippen molar-refractivity contribution in [3.8, 4) is 17.2 Å². The van der Waals surface area contributed by atoms with Crippen molar-refractivity contribution < 1.29 is 4.39 Å². The van der Waals surface area contributed by atoms with E-state index in [-0.39, 0.29) is 11.4 Å². The summed E-state index contributed by atoms with van der Waals surface area (Å²) in [4.78, 5) is 1.91. The number of nitriles is 1. The van der Waals surface area contributed by atoms with Gasteiger partial charge in [0.1, 0.15) is 5.82 Å². The van der Waals surface area contributed by atoms with Gasteiger partial charge in [-0.2, -0.15) is 5.26 Å². The summed E-state index contributed by atoms with van der Waals surface area (Å²) in [7, 11) is 0. The van der Waals surface area contributed by atoms with Crippen LogP contribution in [0.5, 0.6) is 0 Å². The Morgan fingerprint density at radius 1 is 0.783 bits per heavy atom. The summed E-state index contributed by atoms with van der Waals surface area (Å²) in [6.45, 7) is 18.6. The molecule has 0 aliphatic heterocycles. The molecular weight excluding hydrogens is 563 g/mol. The van der Waals surface area contributed by atoms with Crippen molar-refractivity contribution in [1.82, 2.24) is 0 Å². The summed E-state index contributed by atoms with van der Waals surface area (Å²) in [5.41, 5.74) is 11.0. The zero-order valence-corrected chi connectivity index (χ0v) is 25.8. The molecule has 1 aliphatic carbocycles. The lowest BCUT2D eigenvalue weighted by Gasteiger charge is -2.36. The predicted molar refractivity (Wildman–Crippen MR) is 190 cm³/mol. The van der Waals surface area contributed by atoms with Gasteiger partial charge in [-0.15, -0.1) is 0 Å². The average Bonchev–Trinajstić information content (AvgIpc) is 3.37. The van der Waals surface area contributed by atoms with Gasteiger partial charge in [0.05, 0.1) is 17.2 Å². The SMILES string of the molecule is C=C/C(=C\C(=C)C#N)N(c1cccc(F)c1)c1cc2c(c(C=C)c1C=C)-c1ccc(C)cc1C2(c1ccccc1)c1ccccc1. The predicted octanol–water partition coefficient (Wildman–Crippen LogP) is 11.1. The highest BCUT2D eigenvalue weighted by Crippen LogP contribution is 2.59. The van der Waals surface area contributed by atoms with Crippen LogP contribution in [-0.4, -0.2) is 0 Å². The number of halogens is 1. The molecule has 222 valence electrons. The fourth-order valence-electron chi connectivity index (χ4n) is 6.87. The van der Waals surface area contributed by atoms with E-state index < -0.39 is 5.41 Å². The summed E-state index contributed by atoms with van der Waals surface area (Å²) < 4.78 is 14.9. The summed E-state index contributed by atoms with van der Waals surface area (Å²) in [6, 6.07) is 38.4. The maximum atomic E-state index is 14.9. The highest BCUT2D eigenvalue weighted by molar-refractivity contribution is 5.98. The monoisotopic (exact) mass is 596 g/mol. The molecule has 5 aromatic carbocycles. The lowest BCUT2D eigenvalue weighted by Crippen LogP contribution is -2.29. The summed E-state index contributed by atoms with van der Waals surface area (Å²) in [5, 5.41) is 9.66. The number of fused-ring (bicyclic) bond motifs is 3. The van der Waals surface area contributed by atoms with Crippen molar-refractivity contribution in [2.45, 2.75) is 12.3 Å². The fraction of sp³-hybridized carbons (Fsp3) is 0.0465. The number of rotatable bonds is 9. The molecule has 0 N–H and O–H groups in total. The molecule has 6 rings (SSSR count). The Morgan fingerprint density at radius 3 is 2.00 bits per heavy atom. The van der Waals surface area contributed by atoms with E-state index in [0.717, 1.165) is 50.2 Å². The zero-order valence-electron chi connectivity index (χ0n) is 25.8. The van der Waals surface area contributed by atoms with Gasteiger partial charge in [-0.3, -0.25) is 0 Å². The second-order valence-corrected chi connectivity index (χ2v) is 11.3. The Labute approximate surface area is 270 Å². The molecular formula is C43H33FN2. The minimum Gasteiger partial charge on any atom is -0.310 e. The first kappa shape index (κ1) is 30.1. The Morgan fingerprint density at radius 2 is 1.43 bits per heavy atom. The molecule has 0 atom stereocenters. The largest absolute Gasteiger partial charge is 0.310 e. The number of hydrogen-bond donors (Lipinski definition) is 0. The van der Waals surface area contributed by atoms with Gasteiger partial charge in [-0.05, 0) is 82.3 Å². The van der Waals surface area contributed by atoms with Crippen molar-refractivity contribution in [3.63, 3.8) is 0 Å². The Balaban J connectivity index is 1.84. The van der Waals surface area contributed by atoms with E-state index in [1.807, 2.05) is 35.3 Å². The molecule has 0 saturated carbocycles. The van der Waals surface area contributed by atoms with Crippen molar-refractivity contribution in [2.75, 3.05) is 4.90 Å². The first-order chi connectivity index (χ1) is 22.4. The number of anilines is 2. The van der Waals surface area contributed by atoms with Gasteiger partial charge in [-0.25, -0.2) is 4.39 Å². The van der Waals surface area contributed by atoms with Gasteiger partial charge in [0.2, 0.25) is 0 Å². The fourth-order valence-corrected chi connectivity index (χ4v) is 6.87.